The molecule has 2 rings (SSSR count). The molecule has 2 N–H and O–H groups in total. The van der Waals surface area contributed by atoms with E-state index in [1.807, 2.05) is 0 Å². The van der Waals surface area contributed by atoms with Gasteiger partial charge in [0.2, 0.25) is 5.91 Å². The Labute approximate surface area is 137 Å². The molecule has 0 spiro atoms. The quantitative estimate of drug-likeness (QED) is 0.856. The molecule has 4 nitrogen and oxygen atoms in total. The van der Waals surface area contributed by atoms with Crippen LogP contribution in [-0.4, -0.2) is 19.6 Å². The molecule has 0 aliphatic rings. The minimum Gasteiger partial charge on any atom is -0.495 e. The van der Waals surface area contributed by atoms with Crippen molar-refractivity contribution >= 4 is 40.5 Å². The molecule has 0 unspecified atom stereocenters. The number of methoxy groups -OCH3 is 1. The summed E-state index contributed by atoms with van der Waals surface area (Å²) in [6.07, 6.45) is 0. The number of hydrogen-bond acceptors (Lipinski definition) is 3. The third-order valence-corrected chi connectivity index (χ3v) is 3.35. The average molecular weight is 343 g/mol. The first-order chi connectivity index (χ1) is 10.5. The molecule has 2 aromatic carbocycles. The molecule has 0 radical (unpaired) electrons. The highest BCUT2D eigenvalue weighted by Gasteiger charge is 2.09. The van der Waals surface area contributed by atoms with E-state index in [0.717, 1.165) is 0 Å². The lowest BCUT2D eigenvalue weighted by Crippen LogP contribution is -2.22. The third kappa shape index (κ3) is 4.26. The lowest BCUT2D eigenvalue weighted by Gasteiger charge is -2.11. The highest BCUT2D eigenvalue weighted by molar-refractivity contribution is 6.31. The SMILES string of the molecule is COc1ccc(Cl)cc1NC(=O)CNc1ccc(Cl)c(F)c1. The standard InChI is InChI=1S/C15H13Cl2FN2O2/c1-22-14-5-2-9(16)6-13(14)20-15(21)8-19-10-3-4-11(17)12(18)7-10/h2-7,19H,8H2,1H3,(H,20,21). The summed E-state index contributed by atoms with van der Waals surface area (Å²) in [5, 5.41) is 5.97. The van der Waals surface area contributed by atoms with Gasteiger partial charge in [0.15, 0.2) is 0 Å². The first-order valence-electron chi connectivity index (χ1n) is 6.32. The van der Waals surface area contributed by atoms with Crippen molar-refractivity contribution in [3.63, 3.8) is 0 Å². The number of carbonyl (C=O) groups is 1. The Kier molecular flexibility index (Phi) is 5.46. The van der Waals surface area contributed by atoms with Crippen LogP contribution < -0.4 is 15.4 Å². The van der Waals surface area contributed by atoms with Crippen LogP contribution in [0.1, 0.15) is 0 Å². The van der Waals surface area contributed by atoms with Gasteiger partial charge in [-0.2, -0.15) is 0 Å². The maximum absolute atomic E-state index is 13.3. The molecular formula is C15H13Cl2FN2O2. The van der Waals surface area contributed by atoms with Gasteiger partial charge < -0.3 is 15.4 Å². The minimum absolute atomic E-state index is 0.0265. The molecule has 1 amide bonds. The van der Waals surface area contributed by atoms with Crippen LogP contribution in [0.25, 0.3) is 0 Å². The van der Waals surface area contributed by atoms with Crippen LogP contribution >= 0.6 is 23.2 Å². The molecule has 0 aliphatic heterocycles. The second-order valence-corrected chi connectivity index (χ2v) is 5.22. The molecule has 7 heteroatoms. The predicted molar refractivity (Wildman–Crippen MR) is 86.5 cm³/mol. The Hall–Kier alpha value is -1.98. The van der Waals surface area contributed by atoms with Crippen molar-refractivity contribution in [3.8, 4) is 5.75 Å². The van der Waals surface area contributed by atoms with Crippen LogP contribution in [0.4, 0.5) is 15.8 Å². The largest absolute Gasteiger partial charge is 0.495 e. The van der Waals surface area contributed by atoms with Crippen LogP contribution in [0.15, 0.2) is 36.4 Å². The second kappa shape index (κ2) is 7.33. The van der Waals surface area contributed by atoms with Gasteiger partial charge in [0.1, 0.15) is 11.6 Å². The molecule has 22 heavy (non-hydrogen) atoms. The lowest BCUT2D eigenvalue weighted by atomic mass is 10.3. The topological polar surface area (TPSA) is 50.4 Å². The molecular weight excluding hydrogens is 330 g/mol. The van der Waals surface area contributed by atoms with E-state index < -0.39 is 5.82 Å². The highest BCUT2D eigenvalue weighted by atomic mass is 35.5. The number of amides is 1. The molecule has 2 aromatic rings. The summed E-state index contributed by atoms with van der Waals surface area (Å²) in [6.45, 7) is -0.0449. The summed E-state index contributed by atoms with van der Waals surface area (Å²) in [5.41, 5.74) is 0.916. The Balaban J connectivity index is 1.98. The van der Waals surface area contributed by atoms with E-state index in [1.165, 1.54) is 19.2 Å². The zero-order valence-corrected chi connectivity index (χ0v) is 13.1. The van der Waals surface area contributed by atoms with Gasteiger partial charge in [0.25, 0.3) is 0 Å². The second-order valence-electron chi connectivity index (χ2n) is 4.38. The zero-order valence-electron chi connectivity index (χ0n) is 11.6. The van der Waals surface area contributed by atoms with Gasteiger partial charge in [-0.3, -0.25) is 4.79 Å². The normalized spacial score (nSPS) is 10.2. The summed E-state index contributed by atoms with van der Waals surface area (Å²) < 4.78 is 18.4. The van der Waals surface area contributed by atoms with Crippen LogP contribution in [0.2, 0.25) is 10.0 Å². The van der Waals surface area contributed by atoms with E-state index >= 15 is 0 Å². The van der Waals surface area contributed by atoms with Gasteiger partial charge in [0, 0.05) is 10.7 Å². The molecule has 0 saturated carbocycles. The van der Waals surface area contributed by atoms with Crippen molar-refractivity contribution in [2.75, 3.05) is 24.3 Å². The van der Waals surface area contributed by atoms with Crippen LogP contribution in [-0.2, 0) is 4.79 Å². The Morgan fingerprint density at radius 2 is 2.00 bits per heavy atom. The minimum atomic E-state index is -0.552. The molecule has 0 atom stereocenters. The van der Waals surface area contributed by atoms with Crippen LogP contribution in [0, 0.1) is 5.82 Å². The number of carbonyl (C=O) groups excluding carboxylic acids is 1. The van der Waals surface area contributed by atoms with Crippen molar-refractivity contribution in [2.45, 2.75) is 0 Å². The monoisotopic (exact) mass is 342 g/mol. The van der Waals surface area contributed by atoms with Crippen molar-refractivity contribution in [3.05, 3.63) is 52.3 Å². The van der Waals surface area contributed by atoms with Gasteiger partial charge >= 0.3 is 0 Å². The van der Waals surface area contributed by atoms with Gasteiger partial charge in [-0.25, -0.2) is 4.39 Å². The predicted octanol–water partition coefficient (Wildman–Crippen LogP) is 4.19. The summed E-state index contributed by atoms with van der Waals surface area (Å²) in [5.74, 6) is -0.380. The first kappa shape index (κ1) is 16.4. The molecule has 0 aromatic heterocycles. The van der Waals surface area contributed by atoms with E-state index in [4.69, 9.17) is 27.9 Å². The summed E-state index contributed by atoms with van der Waals surface area (Å²) in [6, 6.07) is 9.11. The first-order valence-corrected chi connectivity index (χ1v) is 7.07. The van der Waals surface area contributed by atoms with Gasteiger partial charge in [-0.05, 0) is 36.4 Å². The number of benzene rings is 2. The molecule has 0 bridgehead atoms. The zero-order chi connectivity index (χ0) is 16.1. The fourth-order valence-corrected chi connectivity index (χ4v) is 2.05. The van der Waals surface area contributed by atoms with Crippen molar-refractivity contribution in [1.29, 1.82) is 0 Å². The number of hydrogen-bond donors (Lipinski definition) is 2. The van der Waals surface area contributed by atoms with Gasteiger partial charge in [-0.1, -0.05) is 23.2 Å². The number of anilines is 2. The molecule has 0 fully saturated rings. The van der Waals surface area contributed by atoms with Gasteiger partial charge in [0.05, 0.1) is 24.4 Å². The molecule has 0 aliphatic carbocycles. The molecule has 0 saturated heterocycles. The smallest absolute Gasteiger partial charge is 0.243 e. The van der Waals surface area contributed by atoms with E-state index in [2.05, 4.69) is 10.6 Å². The maximum Gasteiger partial charge on any atom is 0.243 e. The van der Waals surface area contributed by atoms with E-state index in [9.17, 15) is 9.18 Å². The van der Waals surface area contributed by atoms with Crippen LogP contribution in [0.5, 0.6) is 5.75 Å². The third-order valence-electron chi connectivity index (χ3n) is 2.81. The van der Waals surface area contributed by atoms with E-state index in [1.54, 1.807) is 24.3 Å². The number of halogens is 3. The lowest BCUT2D eigenvalue weighted by molar-refractivity contribution is -0.114. The van der Waals surface area contributed by atoms with Crippen molar-refractivity contribution in [2.24, 2.45) is 0 Å². The number of ether oxygens (including phenoxy) is 1. The fraction of sp³-hybridized carbons (Fsp3) is 0.133. The average Bonchev–Trinajstić information content (AvgIpc) is 2.49. The highest BCUT2D eigenvalue weighted by Crippen LogP contribution is 2.27. The summed E-state index contributed by atoms with van der Waals surface area (Å²) in [7, 11) is 1.49. The van der Waals surface area contributed by atoms with Crippen LogP contribution in [0.3, 0.4) is 0 Å². The Bertz CT molecular complexity index is 695. The molecule has 0 heterocycles. The summed E-state index contributed by atoms with van der Waals surface area (Å²) in [4.78, 5) is 11.9. The Morgan fingerprint density at radius 1 is 1.23 bits per heavy atom. The maximum atomic E-state index is 13.3. The Morgan fingerprint density at radius 3 is 2.68 bits per heavy atom. The molecule has 116 valence electrons. The van der Waals surface area contributed by atoms with E-state index in [-0.39, 0.29) is 17.5 Å². The fourth-order valence-electron chi connectivity index (χ4n) is 1.76. The van der Waals surface area contributed by atoms with Gasteiger partial charge in [-0.15, -0.1) is 0 Å². The van der Waals surface area contributed by atoms with Crippen molar-refractivity contribution < 1.29 is 13.9 Å². The number of rotatable bonds is 5. The summed E-state index contributed by atoms with van der Waals surface area (Å²) >= 11 is 11.5. The van der Waals surface area contributed by atoms with Crippen molar-refractivity contribution in [1.82, 2.24) is 0 Å². The number of nitrogens with one attached hydrogen (secondary N) is 2. The van der Waals surface area contributed by atoms with E-state index in [0.29, 0.717) is 22.1 Å².